The molecule has 0 aromatic heterocycles. The van der Waals surface area contributed by atoms with Crippen molar-refractivity contribution in [1.29, 1.82) is 0 Å². The quantitative estimate of drug-likeness (QED) is 0.586. The molecular weight excluding hydrogens is 306 g/mol. The van der Waals surface area contributed by atoms with Crippen molar-refractivity contribution in [3.05, 3.63) is 33.9 Å². The lowest BCUT2D eigenvalue weighted by molar-refractivity contribution is -0.385. The summed E-state index contributed by atoms with van der Waals surface area (Å²) in [4.78, 5) is 10.3. The Morgan fingerprint density at radius 3 is 2.45 bits per heavy atom. The molecule has 1 unspecified atom stereocenters. The molecule has 3 N–H and O–H groups in total. The van der Waals surface area contributed by atoms with Gasteiger partial charge in [0, 0.05) is 23.7 Å². The average molecular weight is 329 g/mol. The van der Waals surface area contributed by atoms with Gasteiger partial charge in [0.05, 0.1) is 9.82 Å². The highest BCUT2D eigenvalue weighted by molar-refractivity contribution is 7.89. The number of hydrogen-bond donors (Lipinski definition) is 2. The fourth-order valence-corrected chi connectivity index (χ4v) is 4.23. The molecule has 0 bridgehead atoms. The predicted molar refractivity (Wildman–Crippen MR) is 85.1 cm³/mol. The van der Waals surface area contributed by atoms with Gasteiger partial charge in [0.15, 0.2) is 0 Å². The molecule has 1 aromatic rings. The van der Waals surface area contributed by atoms with Crippen LogP contribution in [0.5, 0.6) is 0 Å². The topological polar surface area (TPSA) is 115 Å². The van der Waals surface area contributed by atoms with Crippen LogP contribution in [0.3, 0.4) is 0 Å². The second kappa shape index (κ2) is 6.72. The maximum atomic E-state index is 12.6. The molecule has 124 valence electrons. The van der Waals surface area contributed by atoms with Gasteiger partial charge in [0.2, 0.25) is 10.0 Å². The first kappa shape index (κ1) is 18.5. The lowest BCUT2D eigenvalue weighted by Gasteiger charge is -2.31. The van der Waals surface area contributed by atoms with E-state index in [2.05, 4.69) is 4.72 Å². The van der Waals surface area contributed by atoms with Crippen LogP contribution in [0.15, 0.2) is 23.1 Å². The van der Waals surface area contributed by atoms with Crippen molar-refractivity contribution in [3.63, 3.8) is 0 Å². The summed E-state index contributed by atoms with van der Waals surface area (Å²) in [5.41, 5.74) is 4.81. The van der Waals surface area contributed by atoms with Crippen LogP contribution < -0.4 is 10.5 Å². The molecular formula is C14H23N3O4S. The Hall–Kier alpha value is -1.51. The van der Waals surface area contributed by atoms with Gasteiger partial charge >= 0.3 is 0 Å². The van der Waals surface area contributed by atoms with E-state index < -0.39 is 20.5 Å². The lowest BCUT2D eigenvalue weighted by Crippen LogP contribution is -2.52. The van der Waals surface area contributed by atoms with E-state index >= 15 is 0 Å². The molecule has 7 nitrogen and oxygen atoms in total. The molecule has 1 aromatic carbocycles. The van der Waals surface area contributed by atoms with Crippen molar-refractivity contribution >= 4 is 15.7 Å². The van der Waals surface area contributed by atoms with Crippen LogP contribution >= 0.6 is 0 Å². The summed E-state index contributed by atoms with van der Waals surface area (Å²) in [6.45, 7) is 7.24. The SMILES string of the molecule is Cc1c([N+](=O)[O-])cccc1S(=O)(=O)NC(C)(CN)CC(C)C. The highest BCUT2D eigenvalue weighted by Crippen LogP contribution is 2.26. The number of nitro benzene ring substituents is 1. The minimum absolute atomic E-state index is 0.0925. The van der Waals surface area contributed by atoms with Gasteiger partial charge in [-0.2, -0.15) is 0 Å². The van der Waals surface area contributed by atoms with Gasteiger partial charge in [-0.25, -0.2) is 13.1 Å². The zero-order valence-electron chi connectivity index (χ0n) is 13.3. The summed E-state index contributed by atoms with van der Waals surface area (Å²) in [6.07, 6.45) is 0.566. The highest BCUT2D eigenvalue weighted by Gasteiger charge is 2.32. The summed E-state index contributed by atoms with van der Waals surface area (Å²) >= 11 is 0. The van der Waals surface area contributed by atoms with E-state index in [0.29, 0.717) is 6.42 Å². The number of nitrogens with two attached hydrogens (primary N) is 1. The van der Waals surface area contributed by atoms with Crippen LogP contribution in [0, 0.1) is 23.0 Å². The molecule has 0 radical (unpaired) electrons. The second-order valence-corrected chi connectivity index (χ2v) is 7.78. The number of nitrogens with zero attached hydrogens (tertiary/aromatic N) is 1. The van der Waals surface area contributed by atoms with E-state index in [0.717, 1.165) is 0 Å². The number of rotatable bonds is 7. The zero-order chi connectivity index (χ0) is 17.1. The fraction of sp³-hybridized carbons (Fsp3) is 0.571. The Balaban J connectivity index is 3.25. The molecule has 8 heteroatoms. The highest BCUT2D eigenvalue weighted by atomic mass is 32.2. The Bertz CT molecular complexity index is 658. The van der Waals surface area contributed by atoms with Crippen molar-refractivity contribution in [2.24, 2.45) is 11.7 Å². The second-order valence-electron chi connectivity index (χ2n) is 6.13. The van der Waals surface area contributed by atoms with E-state index in [1.54, 1.807) is 6.92 Å². The van der Waals surface area contributed by atoms with E-state index in [-0.39, 0.29) is 28.6 Å². The molecule has 0 heterocycles. The molecule has 1 atom stereocenters. The third-order valence-corrected chi connectivity index (χ3v) is 5.21. The standard InChI is InChI=1S/C14H23N3O4S/c1-10(2)8-14(4,9-15)16-22(20,21)13-7-5-6-12(11(13)3)17(18)19/h5-7,10,16H,8-9,15H2,1-4H3. The molecule has 1 rings (SSSR count). The third kappa shape index (κ3) is 4.25. The van der Waals surface area contributed by atoms with Gasteiger partial charge in [-0.3, -0.25) is 10.1 Å². The first-order valence-electron chi connectivity index (χ1n) is 7.00. The van der Waals surface area contributed by atoms with Crippen LogP contribution in [0.25, 0.3) is 0 Å². The van der Waals surface area contributed by atoms with Gasteiger partial charge in [-0.05, 0) is 32.3 Å². The number of hydrogen-bond acceptors (Lipinski definition) is 5. The number of benzene rings is 1. The zero-order valence-corrected chi connectivity index (χ0v) is 14.1. The fourth-order valence-electron chi connectivity index (χ4n) is 2.54. The minimum Gasteiger partial charge on any atom is -0.329 e. The Labute approximate surface area is 131 Å². The number of sulfonamides is 1. The largest absolute Gasteiger partial charge is 0.329 e. The molecule has 0 aliphatic carbocycles. The molecule has 0 fully saturated rings. The molecule has 0 aliphatic rings. The summed E-state index contributed by atoms with van der Waals surface area (Å²) < 4.78 is 27.8. The monoisotopic (exact) mass is 329 g/mol. The summed E-state index contributed by atoms with van der Waals surface area (Å²) in [5, 5.41) is 11.0. The predicted octanol–water partition coefficient (Wildman–Crippen LogP) is 1.95. The van der Waals surface area contributed by atoms with Crippen LogP contribution in [-0.4, -0.2) is 25.4 Å². The molecule has 22 heavy (non-hydrogen) atoms. The molecule has 0 spiro atoms. The van der Waals surface area contributed by atoms with Crippen LogP contribution in [0.4, 0.5) is 5.69 Å². The van der Waals surface area contributed by atoms with Crippen LogP contribution in [-0.2, 0) is 10.0 Å². The lowest BCUT2D eigenvalue weighted by atomic mass is 9.92. The summed E-state index contributed by atoms with van der Waals surface area (Å²) in [5.74, 6) is 0.252. The number of nitrogens with one attached hydrogen (secondary N) is 1. The van der Waals surface area contributed by atoms with E-state index in [9.17, 15) is 18.5 Å². The normalized spacial score (nSPS) is 14.8. The molecule has 0 saturated heterocycles. The van der Waals surface area contributed by atoms with Crippen molar-refractivity contribution < 1.29 is 13.3 Å². The van der Waals surface area contributed by atoms with Crippen molar-refractivity contribution in [3.8, 4) is 0 Å². The van der Waals surface area contributed by atoms with Gasteiger partial charge in [-0.1, -0.05) is 19.9 Å². The van der Waals surface area contributed by atoms with Gasteiger partial charge in [-0.15, -0.1) is 0 Å². The maximum Gasteiger partial charge on any atom is 0.273 e. The maximum absolute atomic E-state index is 12.6. The molecule has 0 amide bonds. The van der Waals surface area contributed by atoms with E-state index in [1.165, 1.54) is 25.1 Å². The van der Waals surface area contributed by atoms with E-state index in [4.69, 9.17) is 5.73 Å². The van der Waals surface area contributed by atoms with Crippen LogP contribution in [0.2, 0.25) is 0 Å². The third-order valence-electron chi connectivity index (χ3n) is 3.43. The first-order chi connectivity index (χ1) is 10.0. The minimum atomic E-state index is -3.90. The van der Waals surface area contributed by atoms with Crippen molar-refractivity contribution in [1.82, 2.24) is 4.72 Å². The Morgan fingerprint density at radius 2 is 2.00 bits per heavy atom. The van der Waals surface area contributed by atoms with E-state index in [1.807, 2.05) is 13.8 Å². The van der Waals surface area contributed by atoms with Crippen LogP contribution in [0.1, 0.15) is 32.8 Å². The summed E-state index contributed by atoms with van der Waals surface area (Å²) in [6, 6.07) is 4.00. The average Bonchev–Trinajstić information content (AvgIpc) is 2.36. The Kier molecular flexibility index (Phi) is 5.66. The van der Waals surface area contributed by atoms with Gasteiger partial charge in [0.1, 0.15) is 0 Å². The van der Waals surface area contributed by atoms with Crippen molar-refractivity contribution in [2.75, 3.05) is 6.54 Å². The van der Waals surface area contributed by atoms with Gasteiger partial charge < -0.3 is 5.73 Å². The molecule has 0 saturated carbocycles. The van der Waals surface area contributed by atoms with Gasteiger partial charge in [0.25, 0.3) is 5.69 Å². The Morgan fingerprint density at radius 1 is 1.41 bits per heavy atom. The van der Waals surface area contributed by atoms with Crippen molar-refractivity contribution in [2.45, 2.75) is 44.6 Å². The first-order valence-corrected chi connectivity index (χ1v) is 8.49. The number of nitro groups is 1. The summed E-state index contributed by atoms with van der Waals surface area (Å²) in [7, 11) is -3.90. The molecule has 0 aliphatic heterocycles. The smallest absolute Gasteiger partial charge is 0.273 e.